The summed E-state index contributed by atoms with van der Waals surface area (Å²) in [5.41, 5.74) is 4.07. The van der Waals surface area contributed by atoms with Crippen LogP contribution in [-0.2, 0) is 19.8 Å². The summed E-state index contributed by atoms with van der Waals surface area (Å²) in [5, 5.41) is 27.7. The van der Waals surface area contributed by atoms with Crippen molar-refractivity contribution in [1.29, 1.82) is 10.5 Å². The minimum Gasteiger partial charge on any atom is -0.489 e. The molecule has 0 saturated heterocycles. The van der Waals surface area contributed by atoms with E-state index in [1.165, 1.54) is 0 Å². The molecule has 1 N–H and O–H groups in total. The van der Waals surface area contributed by atoms with Crippen molar-refractivity contribution >= 4 is 0 Å². The first kappa shape index (κ1) is 23.4. The molecule has 0 aliphatic heterocycles. The maximum atomic E-state index is 9.92. The Balaban J connectivity index is 0.00000166. The highest BCUT2D eigenvalue weighted by Crippen LogP contribution is 2.27. The van der Waals surface area contributed by atoms with Crippen LogP contribution >= 0.6 is 0 Å². The van der Waals surface area contributed by atoms with Gasteiger partial charge in [-0.1, -0.05) is 26.0 Å². The summed E-state index contributed by atoms with van der Waals surface area (Å²) >= 11 is 0. The first-order chi connectivity index (χ1) is 15.1. The monoisotopic (exact) mass is 415 g/mol. The summed E-state index contributed by atoms with van der Waals surface area (Å²) in [5.74, 6) is 1.14. The lowest BCUT2D eigenvalue weighted by molar-refractivity contribution is 0.247. The average molecular weight is 415 g/mol. The SMILES string of the molecule is CC.Cc1ncc(COc2ccc(C#N)cc2)c(CO)c1OCc1ccc(C#N)cc1. The van der Waals surface area contributed by atoms with Gasteiger partial charge in [0, 0.05) is 17.3 Å². The highest BCUT2D eigenvalue weighted by Gasteiger charge is 2.14. The summed E-state index contributed by atoms with van der Waals surface area (Å²) in [6, 6.07) is 18.1. The number of benzene rings is 2. The molecule has 0 atom stereocenters. The summed E-state index contributed by atoms with van der Waals surface area (Å²) in [4.78, 5) is 4.36. The third-order valence-corrected chi connectivity index (χ3v) is 4.41. The first-order valence-electron chi connectivity index (χ1n) is 9.97. The molecule has 0 aliphatic rings. The predicted octanol–water partition coefficient (Wildman–Crippen LogP) is 4.81. The molecule has 0 aliphatic carbocycles. The fourth-order valence-corrected chi connectivity index (χ4v) is 2.78. The summed E-state index contributed by atoms with van der Waals surface area (Å²) < 4.78 is 11.7. The molecule has 0 amide bonds. The van der Waals surface area contributed by atoms with Crippen LogP contribution in [0.2, 0.25) is 0 Å². The zero-order chi connectivity index (χ0) is 22.6. The van der Waals surface area contributed by atoms with Gasteiger partial charge in [-0.15, -0.1) is 0 Å². The molecule has 3 rings (SSSR count). The van der Waals surface area contributed by atoms with Gasteiger partial charge in [0.05, 0.1) is 35.6 Å². The molecule has 158 valence electrons. The van der Waals surface area contributed by atoms with Crippen LogP contribution in [0.4, 0.5) is 0 Å². The van der Waals surface area contributed by atoms with Crippen LogP contribution in [0.5, 0.6) is 11.5 Å². The number of hydrogen-bond donors (Lipinski definition) is 1. The van der Waals surface area contributed by atoms with Crippen LogP contribution in [-0.4, -0.2) is 10.1 Å². The molecule has 1 heterocycles. The Morgan fingerprint density at radius 2 is 1.45 bits per heavy atom. The molecule has 31 heavy (non-hydrogen) atoms. The zero-order valence-corrected chi connectivity index (χ0v) is 17.9. The second kappa shape index (κ2) is 12.0. The second-order valence-corrected chi connectivity index (χ2v) is 6.36. The molecule has 0 unspecified atom stereocenters. The van der Waals surface area contributed by atoms with Crippen LogP contribution in [0.1, 0.15) is 47.4 Å². The number of rotatable bonds is 7. The molecule has 2 aromatic carbocycles. The van der Waals surface area contributed by atoms with Crippen molar-refractivity contribution in [2.24, 2.45) is 0 Å². The van der Waals surface area contributed by atoms with Gasteiger partial charge < -0.3 is 14.6 Å². The molecular weight excluding hydrogens is 390 g/mol. The van der Waals surface area contributed by atoms with Gasteiger partial charge in [-0.05, 0) is 48.9 Å². The van der Waals surface area contributed by atoms with Gasteiger partial charge >= 0.3 is 0 Å². The van der Waals surface area contributed by atoms with Gasteiger partial charge in [-0.2, -0.15) is 10.5 Å². The third-order valence-electron chi connectivity index (χ3n) is 4.41. The molecule has 6 nitrogen and oxygen atoms in total. The van der Waals surface area contributed by atoms with Crippen molar-refractivity contribution in [2.45, 2.75) is 40.6 Å². The van der Waals surface area contributed by atoms with Crippen molar-refractivity contribution in [3.63, 3.8) is 0 Å². The Labute approximate surface area is 182 Å². The third kappa shape index (κ3) is 6.30. The fraction of sp³-hybridized carbons (Fsp3) is 0.240. The van der Waals surface area contributed by atoms with E-state index in [1.807, 2.05) is 32.9 Å². The topological polar surface area (TPSA) is 99.2 Å². The number of ether oxygens (including phenoxy) is 2. The predicted molar refractivity (Wildman–Crippen MR) is 117 cm³/mol. The number of pyridine rings is 1. The number of aromatic nitrogens is 1. The molecule has 0 bridgehead atoms. The van der Waals surface area contributed by atoms with E-state index in [9.17, 15) is 5.11 Å². The quantitative estimate of drug-likeness (QED) is 0.594. The normalized spacial score (nSPS) is 9.61. The maximum absolute atomic E-state index is 9.92. The summed E-state index contributed by atoms with van der Waals surface area (Å²) in [6.45, 7) is 6.11. The summed E-state index contributed by atoms with van der Waals surface area (Å²) in [7, 11) is 0. The lowest BCUT2D eigenvalue weighted by atomic mass is 10.1. The lowest BCUT2D eigenvalue weighted by Crippen LogP contribution is -2.08. The van der Waals surface area contributed by atoms with E-state index >= 15 is 0 Å². The minimum atomic E-state index is -0.210. The van der Waals surface area contributed by atoms with Gasteiger partial charge in [-0.25, -0.2) is 0 Å². The van der Waals surface area contributed by atoms with E-state index in [1.54, 1.807) is 42.6 Å². The van der Waals surface area contributed by atoms with E-state index in [0.717, 1.165) is 11.1 Å². The van der Waals surface area contributed by atoms with E-state index in [0.29, 0.717) is 40.5 Å². The minimum absolute atomic E-state index is 0.210. The van der Waals surface area contributed by atoms with Crippen LogP contribution in [0.25, 0.3) is 0 Å². The number of aliphatic hydroxyl groups is 1. The van der Waals surface area contributed by atoms with E-state index in [4.69, 9.17) is 20.0 Å². The molecule has 0 saturated carbocycles. The second-order valence-electron chi connectivity index (χ2n) is 6.36. The van der Waals surface area contributed by atoms with Crippen LogP contribution in [0.15, 0.2) is 54.7 Å². The number of nitrogens with zero attached hydrogens (tertiary/aromatic N) is 3. The zero-order valence-electron chi connectivity index (χ0n) is 17.9. The van der Waals surface area contributed by atoms with Gasteiger partial charge in [0.25, 0.3) is 0 Å². The van der Waals surface area contributed by atoms with Crippen molar-refractivity contribution in [2.75, 3.05) is 0 Å². The Hall–Kier alpha value is -3.87. The van der Waals surface area contributed by atoms with Gasteiger partial charge in [0.2, 0.25) is 0 Å². The number of hydrogen-bond acceptors (Lipinski definition) is 6. The highest BCUT2D eigenvalue weighted by molar-refractivity contribution is 5.42. The van der Waals surface area contributed by atoms with Crippen LogP contribution in [0.3, 0.4) is 0 Å². The number of aryl methyl sites for hydroxylation is 1. The van der Waals surface area contributed by atoms with Crippen molar-refractivity contribution in [3.8, 4) is 23.6 Å². The Morgan fingerprint density at radius 3 is 2.00 bits per heavy atom. The fourth-order valence-electron chi connectivity index (χ4n) is 2.78. The molecule has 0 fully saturated rings. The lowest BCUT2D eigenvalue weighted by Gasteiger charge is -2.16. The molecule has 0 spiro atoms. The number of nitriles is 2. The van der Waals surface area contributed by atoms with Crippen LogP contribution in [0, 0.1) is 29.6 Å². The van der Waals surface area contributed by atoms with E-state index < -0.39 is 0 Å². The average Bonchev–Trinajstić information content (AvgIpc) is 2.84. The first-order valence-corrected chi connectivity index (χ1v) is 9.97. The van der Waals surface area contributed by atoms with Gasteiger partial charge in [-0.3, -0.25) is 4.98 Å². The Morgan fingerprint density at radius 1 is 0.871 bits per heavy atom. The van der Waals surface area contributed by atoms with E-state index in [2.05, 4.69) is 17.1 Å². The van der Waals surface area contributed by atoms with Gasteiger partial charge in [0.15, 0.2) is 0 Å². The van der Waals surface area contributed by atoms with E-state index in [-0.39, 0.29) is 13.2 Å². The maximum Gasteiger partial charge on any atom is 0.146 e. The molecule has 1 aromatic heterocycles. The van der Waals surface area contributed by atoms with Crippen molar-refractivity contribution < 1.29 is 14.6 Å². The van der Waals surface area contributed by atoms with Crippen LogP contribution < -0.4 is 9.47 Å². The van der Waals surface area contributed by atoms with Crippen molar-refractivity contribution in [3.05, 3.63) is 88.2 Å². The van der Waals surface area contributed by atoms with Crippen molar-refractivity contribution in [1.82, 2.24) is 4.98 Å². The van der Waals surface area contributed by atoms with Gasteiger partial charge in [0.1, 0.15) is 24.7 Å². The smallest absolute Gasteiger partial charge is 0.146 e. The summed E-state index contributed by atoms with van der Waals surface area (Å²) in [6.07, 6.45) is 1.67. The molecule has 0 radical (unpaired) electrons. The number of aliphatic hydroxyl groups excluding tert-OH is 1. The Bertz CT molecular complexity index is 1060. The molecule has 6 heteroatoms. The molecular formula is C25H25N3O3. The Kier molecular flexibility index (Phi) is 9.04. The standard InChI is InChI=1S/C23H19N3O3.C2H6/c1-16-23(29-14-19-4-2-17(10-24)3-5-19)22(13-27)20(12-26-16)15-28-21-8-6-18(11-25)7-9-21;1-2/h2-9,12,27H,13-15H2,1H3;1-2H3. The largest absolute Gasteiger partial charge is 0.489 e. The highest BCUT2D eigenvalue weighted by atomic mass is 16.5. The molecule has 3 aromatic rings.